The molecule has 1 aromatic rings. The van der Waals surface area contributed by atoms with E-state index in [0.29, 0.717) is 5.69 Å². The van der Waals surface area contributed by atoms with Crippen LogP contribution < -0.4 is 0 Å². The number of rotatable bonds is 1. The van der Waals surface area contributed by atoms with Crippen molar-refractivity contribution in [1.82, 2.24) is 4.98 Å². The maximum Gasteiger partial charge on any atom is 0.392 e. The number of carboxylic acids is 1. The fraction of sp³-hybridized carbons (Fsp3) is 0.200. The SMILES string of the molecule is Cc1nc(C(=O)O)oc1Cl. The van der Waals surface area contributed by atoms with Crippen LogP contribution in [0.5, 0.6) is 0 Å². The maximum atomic E-state index is 10.2. The van der Waals surface area contributed by atoms with E-state index in [1.807, 2.05) is 0 Å². The Bertz CT molecular complexity index is 248. The van der Waals surface area contributed by atoms with Gasteiger partial charge in [0.25, 0.3) is 0 Å². The summed E-state index contributed by atoms with van der Waals surface area (Å²) in [6.07, 6.45) is 0. The Morgan fingerprint density at radius 3 is 2.60 bits per heavy atom. The molecular weight excluding hydrogens is 158 g/mol. The Hall–Kier alpha value is -1.03. The number of carboxylic acid groups (broad SMARTS) is 1. The molecular formula is C5H4ClNO3. The summed E-state index contributed by atoms with van der Waals surface area (Å²) in [5.74, 6) is -1.59. The molecule has 1 rings (SSSR count). The Labute approximate surface area is 61.4 Å². The van der Waals surface area contributed by atoms with Crippen molar-refractivity contribution in [3.05, 3.63) is 16.8 Å². The highest BCUT2D eigenvalue weighted by Gasteiger charge is 2.12. The molecule has 1 heterocycles. The smallest absolute Gasteiger partial charge is 0.392 e. The maximum absolute atomic E-state index is 10.2. The second-order valence-electron chi connectivity index (χ2n) is 1.68. The van der Waals surface area contributed by atoms with Crippen LogP contribution in [0.25, 0.3) is 0 Å². The average Bonchev–Trinajstić information content (AvgIpc) is 2.13. The lowest BCUT2D eigenvalue weighted by Crippen LogP contribution is -1.95. The topological polar surface area (TPSA) is 63.3 Å². The van der Waals surface area contributed by atoms with Gasteiger partial charge in [0, 0.05) is 0 Å². The first-order valence-electron chi connectivity index (χ1n) is 2.47. The molecule has 1 N–H and O–H groups in total. The summed E-state index contributed by atoms with van der Waals surface area (Å²) in [7, 11) is 0. The summed E-state index contributed by atoms with van der Waals surface area (Å²) < 4.78 is 4.53. The van der Waals surface area contributed by atoms with Gasteiger partial charge in [-0.2, -0.15) is 0 Å². The van der Waals surface area contributed by atoms with Gasteiger partial charge in [-0.25, -0.2) is 9.78 Å². The van der Waals surface area contributed by atoms with Crippen molar-refractivity contribution >= 4 is 17.6 Å². The number of halogens is 1. The molecule has 10 heavy (non-hydrogen) atoms. The normalized spacial score (nSPS) is 9.80. The van der Waals surface area contributed by atoms with Gasteiger partial charge < -0.3 is 9.52 Å². The Kier molecular flexibility index (Phi) is 1.63. The zero-order valence-electron chi connectivity index (χ0n) is 5.09. The van der Waals surface area contributed by atoms with Crippen molar-refractivity contribution < 1.29 is 14.3 Å². The first-order valence-corrected chi connectivity index (χ1v) is 2.85. The zero-order valence-corrected chi connectivity index (χ0v) is 5.84. The van der Waals surface area contributed by atoms with Crippen molar-refractivity contribution in [2.24, 2.45) is 0 Å². The van der Waals surface area contributed by atoms with Gasteiger partial charge in [-0.3, -0.25) is 0 Å². The van der Waals surface area contributed by atoms with E-state index in [1.54, 1.807) is 6.92 Å². The standard InChI is InChI=1S/C5H4ClNO3/c1-2-3(6)10-4(7-2)5(8)9/h1H3,(H,8,9). The summed E-state index contributed by atoms with van der Waals surface area (Å²) in [5.41, 5.74) is 0.388. The van der Waals surface area contributed by atoms with E-state index in [2.05, 4.69) is 9.40 Å². The largest absolute Gasteiger partial charge is 0.474 e. The molecule has 5 heteroatoms. The van der Waals surface area contributed by atoms with E-state index in [9.17, 15) is 4.79 Å². The molecule has 0 aromatic carbocycles. The van der Waals surface area contributed by atoms with Crippen molar-refractivity contribution in [3.8, 4) is 0 Å². The van der Waals surface area contributed by atoms with Crippen molar-refractivity contribution in [1.29, 1.82) is 0 Å². The molecule has 1 aromatic heterocycles. The van der Waals surface area contributed by atoms with Gasteiger partial charge in [0.2, 0.25) is 5.22 Å². The average molecular weight is 162 g/mol. The number of carbonyl (C=O) groups is 1. The fourth-order valence-corrected chi connectivity index (χ4v) is 0.585. The third-order valence-corrected chi connectivity index (χ3v) is 1.27. The molecule has 0 saturated carbocycles. The second kappa shape index (κ2) is 2.30. The predicted molar refractivity (Wildman–Crippen MR) is 33.2 cm³/mol. The van der Waals surface area contributed by atoms with Crippen LogP contribution in [0.15, 0.2) is 4.42 Å². The molecule has 0 aliphatic carbocycles. The van der Waals surface area contributed by atoms with Crippen molar-refractivity contribution in [3.63, 3.8) is 0 Å². The van der Waals surface area contributed by atoms with E-state index in [1.165, 1.54) is 0 Å². The molecule has 0 radical (unpaired) electrons. The number of hydrogen-bond donors (Lipinski definition) is 1. The van der Waals surface area contributed by atoms with E-state index in [4.69, 9.17) is 16.7 Å². The minimum Gasteiger partial charge on any atom is -0.474 e. The lowest BCUT2D eigenvalue weighted by atomic mass is 10.6. The van der Waals surface area contributed by atoms with Crippen LogP contribution in [-0.2, 0) is 0 Å². The highest BCUT2D eigenvalue weighted by Crippen LogP contribution is 2.15. The van der Waals surface area contributed by atoms with Crippen molar-refractivity contribution in [2.75, 3.05) is 0 Å². The first-order chi connectivity index (χ1) is 4.61. The summed E-state index contributed by atoms with van der Waals surface area (Å²) in [6, 6.07) is 0. The molecule has 54 valence electrons. The summed E-state index contributed by atoms with van der Waals surface area (Å²) >= 11 is 5.38. The molecule has 4 nitrogen and oxygen atoms in total. The quantitative estimate of drug-likeness (QED) is 0.675. The highest BCUT2D eigenvalue weighted by atomic mass is 35.5. The van der Waals surface area contributed by atoms with E-state index >= 15 is 0 Å². The van der Waals surface area contributed by atoms with Crippen LogP contribution in [-0.4, -0.2) is 16.1 Å². The minimum atomic E-state index is -1.21. The van der Waals surface area contributed by atoms with Gasteiger partial charge in [-0.05, 0) is 18.5 Å². The van der Waals surface area contributed by atoms with Crippen LogP contribution in [0.3, 0.4) is 0 Å². The van der Waals surface area contributed by atoms with E-state index in [-0.39, 0.29) is 11.1 Å². The minimum absolute atomic E-state index is 0.0254. The Morgan fingerprint density at radius 2 is 2.40 bits per heavy atom. The number of oxazole rings is 1. The zero-order chi connectivity index (χ0) is 7.72. The molecule has 0 aliphatic heterocycles. The third kappa shape index (κ3) is 1.11. The predicted octanol–water partition coefficient (Wildman–Crippen LogP) is 1.33. The van der Waals surface area contributed by atoms with Crippen LogP contribution in [0, 0.1) is 6.92 Å². The van der Waals surface area contributed by atoms with Crippen LogP contribution >= 0.6 is 11.6 Å². The van der Waals surface area contributed by atoms with Gasteiger partial charge in [0.05, 0.1) is 5.69 Å². The van der Waals surface area contributed by atoms with Crippen LogP contribution in [0.1, 0.15) is 16.4 Å². The Balaban J connectivity index is 3.10. The Morgan fingerprint density at radius 1 is 1.80 bits per heavy atom. The van der Waals surface area contributed by atoms with Gasteiger partial charge in [0.15, 0.2) is 0 Å². The van der Waals surface area contributed by atoms with Gasteiger partial charge >= 0.3 is 11.9 Å². The molecule has 0 aliphatic rings. The number of nitrogens with zero attached hydrogens (tertiary/aromatic N) is 1. The molecule has 0 unspecified atom stereocenters. The van der Waals surface area contributed by atoms with Gasteiger partial charge in [-0.1, -0.05) is 0 Å². The molecule has 0 saturated heterocycles. The molecule has 0 fully saturated rings. The second-order valence-corrected chi connectivity index (χ2v) is 2.03. The lowest BCUT2D eigenvalue weighted by Gasteiger charge is -1.78. The van der Waals surface area contributed by atoms with Gasteiger partial charge in [0.1, 0.15) is 0 Å². The highest BCUT2D eigenvalue weighted by molar-refractivity contribution is 6.29. The van der Waals surface area contributed by atoms with E-state index in [0.717, 1.165) is 0 Å². The summed E-state index contributed by atoms with van der Waals surface area (Å²) in [6.45, 7) is 1.57. The molecule has 0 spiro atoms. The molecule has 0 atom stereocenters. The summed E-state index contributed by atoms with van der Waals surface area (Å²) in [5, 5.41) is 8.33. The number of aromatic nitrogens is 1. The molecule has 0 bridgehead atoms. The number of aryl methyl sites for hydroxylation is 1. The van der Waals surface area contributed by atoms with Crippen LogP contribution in [0.2, 0.25) is 5.22 Å². The lowest BCUT2D eigenvalue weighted by molar-refractivity contribution is 0.0654. The van der Waals surface area contributed by atoms with E-state index < -0.39 is 5.97 Å². The third-order valence-electron chi connectivity index (χ3n) is 0.923. The fourth-order valence-electron chi connectivity index (χ4n) is 0.469. The van der Waals surface area contributed by atoms with Gasteiger partial charge in [-0.15, -0.1) is 0 Å². The molecule has 0 amide bonds. The number of hydrogen-bond acceptors (Lipinski definition) is 3. The number of aromatic carboxylic acids is 1. The first kappa shape index (κ1) is 7.08. The van der Waals surface area contributed by atoms with Crippen LogP contribution in [0.4, 0.5) is 0 Å². The van der Waals surface area contributed by atoms with Crippen molar-refractivity contribution in [2.45, 2.75) is 6.92 Å². The monoisotopic (exact) mass is 161 g/mol. The summed E-state index contributed by atoms with van der Waals surface area (Å²) in [4.78, 5) is 13.7.